The maximum absolute atomic E-state index is 11.9. The van der Waals surface area contributed by atoms with Gasteiger partial charge in [-0.3, -0.25) is 9.69 Å². The quantitative estimate of drug-likeness (QED) is 0.774. The van der Waals surface area contributed by atoms with Crippen molar-refractivity contribution in [3.63, 3.8) is 0 Å². The predicted molar refractivity (Wildman–Crippen MR) is 68.6 cm³/mol. The van der Waals surface area contributed by atoms with E-state index in [0.717, 1.165) is 17.0 Å². The fraction of sp³-hybridized carbons (Fsp3) is 0.429. The molecule has 1 aliphatic heterocycles. The number of hydrogen-bond donors (Lipinski definition) is 0. The number of fused-ring (bicyclic) bond motifs is 3. The van der Waals surface area contributed by atoms with Gasteiger partial charge >= 0.3 is 6.09 Å². The Labute approximate surface area is 111 Å². The van der Waals surface area contributed by atoms with Crippen molar-refractivity contribution in [1.82, 2.24) is 0 Å². The van der Waals surface area contributed by atoms with Crippen LogP contribution in [0.1, 0.15) is 18.9 Å². The molecule has 5 nitrogen and oxygen atoms in total. The average Bonchev–Trinajstić information content (AvgIpc) is 2.62. The summed E-state index contributed by atoms with van der Waals surface area (Å²) in [7, 11) is 2.92. The second-order valence-corrected chi connectivity index (χ2v) is 5.19. The van der Waals surface area contributed by atoms with Crippen LogP contribution in [0, 0.1) is 0 Å². The molecule has 0 aromatic heterocycles. The van der Waals surface area contributed by atoms with Gasteiger partial charge in [0.05, 0.1) is 19.9 Å². The SMILES string of the molecule is COC(=O)N1c2ccc(OC)cc2[C@]2(C)CC(=O)[C@H]12. The summed E-state index contributed by atoms with van der Waals surface area (Å²) in [4.78, 5) is 25.3. The number of methoxy groups -OCH3 is 2. The lowest BCUT2D eigenvalue weighted by Crippen LogP contribution is -2.60. The summed E-state index contributed by atoms with van der Waals surface area (Å²) in [5, 5.41) is 0. The Morgan fingerprint density at radius 3 is 2.74 bits per heavy atom. The minimum absolute atomic E-state index is 0.0723. The van der Waals surface area contributed by atoms with Gasteiger partial charge in [0.15, 0.2) is 5.78 Å². The van der Waals surface area contributed by atoms with E-state index in [4.69, 9.17) is 9.47 Å². The number of nitrogens with zero attached hydrogens (tertiary/aromatic N) is 1. The highest BCUT2D eigenvalue weighted by Gasteiger charge is 2.61. The van der Waals surface area contributed by atoms with E-state index in [0.29, 0.717) is 6.42 Å². The zero-order chi connectivity index (χ0) is 13.8. The zero-order valence-electron chi connectivity index (χ0n) is 11.1. The van der Waals surface area contributed by atoms with Gasteiger partial charge in [-0.15, -0.1) is 0 Å². The van der Waals surface area contributed by atoms with Crippen LogP contribution in [0.3, 0.4) is 0 Å². The van der Waals surface area contributed by atoms with Gasteiger partial charge in [-0.1, -0.05) is 6.92 Å². The van der Waals surface area contributed by atoms with Gasteiger partial charge in [0, 0.05) is 11.8 Å². The van der Waals surface area contributed by atoms with Crippen LogP contribution in [0.4, 0.5) is 10.5 Å². The summed E-state index contributed by atoms with van der Waals surface area (Å²) in [5.41, 5.74) is 1.39. The van der Waals surface area contributed by atoms with Crippen molar-refractivity contribution in [2.24, 2.45) is 0 Å². The Hall–Kier alpha value is -2.04. The van der Waals surface area contributed by atoms with Crippen LogP contribution < -0.4 is 9.64 Å². The molecule has 1 fully saturated rings. The Morgan fingerprint density at radius 1 is 1.42 bits per heavy atom. The van der Waals surface area contributed by atoms with Gasteiger partial charge in [-0.2, -0.15) is 0 Å². The van der Waals surface area contributed by atoms with Crippen LogP contribution in [-0.2, 0) is 14.9 Å². The summed E-state index contributed by atoms with van der Waals surface area (Å²) in [6.45, 7) is 2.00. The Kier molecular flexibility index (Phi) is 2.36. The standard InChI is InChI=1S/C14H15NO4/c1-14-7-11(16)12(14)15(13(17)19-3)10-5-4-8(18-2)6-9(10)14/h4-6,12H,7H2,1-3H3/t12-,14-/m0/s1. The zero-order valence-corrected chi connectivity index (χ0v) is 11.1. The first-order valence-electron chi connectivity index (χ1n) is 6.11. The number of ketones is 1. The smallest absolute Gasteiger partial charge is 0.414 e. The van der Waals surface area contributed by atoms with Crippen LogP contribution in [-0.4, -0.2) is 32.1 Å². The number of amides is 1. The molecule has 1 aromatic carbocycles. The molecule has 1 amide bonds. The van der Waals surface area contributed by atoms with E-state index in [2.05, 4.69) is 0 Å². The van der Waals surface area contributed by atoms with Crippen molar-refractivity contribution in [3.05, 3.63) is 23.8 Å². The van der Waals surface area contributed by atoms with E-state index in [1.54, 1.807) is 13.2 Å². The van der Waals surface area contributed by atoms with Crippen LogP contribution in [0.5, 0.6) is 5.75 Å². The van der Waals surface area contributed by atoms with Crippen molar-refractivity contribution in [1.29, 1.82) is 0 Å². The molecule has 0 unspecified atom stereocenters. The molecule has 1 saturated carbocycles. The maximum Gasteiger partial charge on any atom is 0.414 e. The highest BCUT2D eigenvalue weighted by molar-refractivity contribution is 6.08. The van der Waals surface area contributed by atoms with Gasteiger partial charge in [0.1, 0.15) is 11.8 Å². The summed E-state index contributed by atoms with van der Waals surface area (Å²) < 4.78 is 10.0. The van der Waals surface area contributed by atoms with Gasteiger partial charge in [0.25, 0.3) is 0 Å². The summed E-state index contributed by atoms with van der Waals surface area (Å²) in [6.07, 6.45) is -0.0427. The molecule has 3 rings (SSSR count). The molecule has 0 N–H and O–H groups in total. The minimum Gasteiger partial charge on any atom is -0.497 e. The number of ether oxygens (including phenoxy) is 2. The first-order chi connectivity index (χ1) is 9.02. The lowest BCUT2D eigenvalue weighted by Gasteiger charge is -2.42. The predicted octanol–water partition coefficient (Wildman–Crippen LogP) is 1.88. The minimum atomic E-state index is -0.492. The second-order valence-electron chi connectivity index (χ2n) is 5.19. The van der Waals surface area contributed by atoms with Crippen molar-refractivity contribution in [2.45, 2.75) is 24.8 Å². The molecule has 2 atom stereocenters. The van der Waals surface area contributed by atoms with E-state index < -0.39 is 12.1 Å². The summed E-state index contributed by atoms with van der Waals surface area (Å²) in [6, 6.07) is 5.05. The van der Waals surface area contributed by atoms with E-state index in [1.165, 1.54) is 12.0 Å². The van der Waals surface area contributed by atoms with Crippen LogP contribution in [0.25, 0.3) is 0 Å². The van der Waals surface area contributed by atoms with E-state index in [1.807, 2.05) is 19.1 Å². The first kappa shape index (κ1) is 12.0. The molecule has 5 heteroatoms. The Bertz CT molecular complexity index is 583. The van der Waals surface area contributed by atoms with Crippen molar-refractivity contribution in [2.75, 3.05) is 19.1 Å². The third-order valence-electron chi connectivity index (χ3n) is 4.16. The van der Waals surface area contributed by atoms with Gasteiger partial charge in [0.2, 0.25) is 0 Å². The van der Waals surface area contributed by atoms with Crippen molar-refractivity contribution in [3.8, 4) is 5.75 Å². The summed E-state index contributed by atoms with van der Waals surface area (Å²) >= 11 is 0. The molecule has 19 heavy (non-hydrogen) atoms. The number of carbonyl (C=O) groups is 2. The normalized spacial score (nSPS) is 27.4. The molecule has 100 valence electrons. The van der Waals surface area contributed by atoms with Gasteiger partial charge in [-0.25, -0.2) is 4.79 Å². The largest absolute Gasteiger partial charge is 0.497 e. The molecule has 0 spiro atoms. The third kappa shape index (κ3) is 1.35. The number of hydrogen-bond acceptors (Lipinski definition) is 4. The summed E-state index contributed by atoms with van der Waals surface area (Å²) in [5.74, 6) is 0.799. The molecule has 2 aliphatic rings. The third-order valence-corrected chi connectivity index (χ3v) is 4.16. The Morgan fingerprint density at radius 2 is 2.16 bits per heavy atom. The highest BCUT2D eigenvalue weighted by atomic mass is 16.5. The maximum atomic E-state index is 11.9. The number of benzene rings is 1. The number of rotatable bonds is 1. The Balaban J connectivity index is 2.16. The van der Waals surface area contributed by atoms with E-state index >= 15 is 0 Å². The highest BCUT2D eigenvalue weighted by Crippen LogP contribution is 2.55. The first-order valence-corrected chi connectivity index (χ1v) is 6.11. The van der Waals surface area contributed by atoms with Crippen LogP contribution >= 0.6 is 0 Å². The number of carbonyl (C=O) groups excluding carboxylic acids is 2. The average molecular weight is 261 g/mol. The topological polar surface area (TPSA) is 55.8 Å². The van der Waals surface area contributed by atoms with Crippen LogP contribution in [0.2, 0.25) is 0 Å². The fourth-order valence-corrected chi connectivity index (χ4v) is 3.20. The molecule has 0 saturated heterocycles. The van der Waals surface area contributed by atoms with E-state index in [-0.39, 0.29) is 11.2 Å². The fourth-order valence-electron chi connectivity index (χ4n) is 3.20. The van der Waals surface area contributed by atoms with E-state index in [9.17, 15) is 9.59 Å². The number of Topliss-reactive ketones (excluding diaryl/α,β-unsaturated/α-hetero) is 1. The molecule has 0 radical (unpaired) electrons. The molecule has 1 heterocycles. The second kappa shape index (κ2) is 3.73. The molecular weight excluding hydrogens is 246 g/mol. The monoisotopic (exact) mass is 261 g/mol. The van der Waals surface area contributed by atoms with Crippen molar-refractivity contribution < 1.29 is 19.1 Å². The lowest BCUT2D eigenvalue weighted by molar-refractivity contribution is -0.129. The van der Waals surface area contributed by atoms with Gasteiger partial charge in [-0.05, 0) is 23.8 Å². The molecule has 1 aliphatic carbocycles. The molecule has 0 bridgehead atoms. The van der Waals surface area contributed by atoms with Crippen molar-refractivity contribution >= 4 is 17.6 Å². The lowest BCUT2D eigenvalue weighted by atomic mass is 9.63. The molecule has 1 aromatic rings. The molecular formula is C14H15NO4. The number of anilines is 1. The van der Waals surface area contributed by atoms with Crippen LogP contribution in [0.15, 0.2) is 18.2 Å². The van der Waals surface area contributed by atoms with Gasteiger partial charge < -0.3 is 9.47 Å².